The molecule has 124 valence electrons. The van der Waals surface area contributed by atoms with Crippen LogP contribution in [0.2, 0.25) is 0 Å². The van der Waals surface area contributed by atoms with Gasteiger partial charge in [-0.05, 0) is 23.6 Å². The highest BCUT2D eigenvalue weighted by molar-refractivity contribution is 5.52. The van der Waals surface area contributed by atoms with E-state index in [0.29, 0.717) is 5.95 Å². The molecule has 2 heterocycles. The molecule has 0 radical (unpaired) electrons. The number of anilines is 3. The fourth-order valence-electron chi connectivity index (χ4n) is 2.56. The van der Waals surface area contributed by atoms with E-state index < -0.39 is 0 Å². The van der Waals surface area contributed by atoms with Gasteiger partial charge in [0.2, 0.25) is 5.95 Å². The second kappa shape index (κ2) is 7.59. The zero-order valence-electron chi connectivity index (χ0n) is 14.0. The lowest BCUT2D eigenvalue weighted by molar-refractivity contribution is 0.768. The number of nitrogens with zero attached hydrogens (tertiary/aromatic N) is 4. The number of aryl methyl sites for hydroxylation is 2. The van der Waals surface area contributed by atoms with Crippen molar-refractivity contribution in [2.24, 2.45) is 7.05 Å². The van der Waals surface area contributed by atoms with Crippen LogP contribution in [0.15, 0.2) is 48.9 Å². The number of rotatable bonds is 7. The fraction of sp³-hybridized carbons (Fsp3) is 0.278. The molecule has 0 spiro atoms. The zero-order valence-corrected chi connectivity index (χ0v) is 14.0. The third-order valence-corrected chi connectivity index (χ3v) is 3.71. The van der Waals surface area contributed by atoms with Crippen LogP contribution in [-0.2, 0) is 20.0 Å². The topological polar surface area (TPSA) is 67.7 Å². The standard InChI is InChI=1S/C18H22N6/c1-3-6-14-7-4-5-8-15(14)11-20-17-9-10-19-18(23-17)22-16-12-21-24(2)13-16/h4-5,7-10,12-13H,3,6,11H2,1-2H3,(H2,19,20,22,23). The largest absolute Gasteiger partial charge is 0.366 e. The summed E-state index contributed by atoms with van der Waals surface area (Å²) in [5, 5.41) is 10.6. The Morgan fingerprint density at radius 2 is 1.96 bits per heavy atom. The Morgan fingerprint density at radius 1 is 1.12 bits per heavy atom. The lowest BCUT2D eigenvalue weighted by Crippen LogP contribution is -2.06. The second-order valence-corrected chi connectivity index (χ2v) is 5.67. The van der Waals surface area contributed by atoms with Crippen LogP contribution >= 0.6 is 0 Å². The average molecular weight is 322 g/mol. The van der Waals surface area contributed by atoms with Crippen molar-refractivity contribution in [3.63, 3.8) is 0 Å². The number of hydrogen-bond donors (Lipinski definition) is 2. The molecule has 0 aliphatic heterocycles. The minimum Gasteiger partial charge on any atom is -0.366 e. The summed E-state index contributed by atoms with van der Waals surface area (Å²) >= 11 is 0. The molecular formula is C18H22N6. The third-order valence-electron chi connectivity index (χ3n) is 3.71. The SMILES string of the molecule is CCCc1ccccc1CNc1ccnc(Nc2cnn(C)c2)n1. The summed E-state index contributed by atoms with van der Waals surface area (Å²) in [6.45, 7) is 2.95. The van der Waals surface area contributed by atoms with Gasteiger partial charge in [-0.3, -0.25) is 4.68 Å². The Labute approximate surface area is 142 Å². The first-order valence-electron chi connectivity index (χ1n) is 8.14. The van der Waals surface area contributed by atoms with Crippen molar-refractivity contribution < 1.29 is 0 Å². The quantitative estimate of drug-likeness (QED) is 0.696. The van der Waals surface area contributed by atoms with Gasteiger partial charge in [0.05, 0.1) is 11.9 Å². The van der Waals surface area contributed by atoms with Gasteiger partial charge in [0, 0.05) is 26.0 Å². The van der Waals surface area contributed by atoms with Gasteiger partial charge in [0.15, 0.2) is 0 Å². The first kappa shape index (κ1) is 16.0. The van der Waals surface area contributed by atoms with Gasteiger partial charge >= 0.3 is 0 Å². The van der Waals surface area contributed by atoms with Crippen LogP contribution in [0.1, 0.15) is 24.5 Å². The van der Waals surface area contributed by atoms with Crippen LogP contribution in [0.4, 0.5) is 17.5 Å². The molecule has 6 heteroatoms. The molecule has 0 atom stereocenters. The lowest BCUT2D eigenvalue weighted by Gasteiger charge is -2.11. The number of hydrogen-bond acceptors (Lipinski definition) is 5. The molecule has 0 aliphatic carbocycles. The van der Waals surface area contributed by atoms with Crippen molar-refractivity contribution in [3.8, 4) is 0 Å². The van der Waals surface area contributed by atoms with Crippen LogP contribution in [0, 0.1) is 0 Å². The minimum atomic E-state index is 0.551. The molecule has 0 saturated heterocycles. The first-order chi connectivity index (χ1) is 11.7. The Kier molecular flexibility index (Phi) is 5.05. The van der Waals surface area contributed by atoms with Gasteiger partial charge in [0.25, 0.3) is 0 Å². The van der Waals surface area contributed by atoms with Crippen molar-refractivity contribution in [1.29, 1.82) is 0 Å². The Hall–Kier alpha value is -2.89. The molecule has 0 saturated carbocycles. The van der Waals surface area contributed by atoms with Crippen molar-refractivity contribution >= 4 is 17.5 Å². The van der Waals surface area contributed by atoms with Crippen molar-refractivity contribution in [2.45, 2.75) is 26.3 Å². The molecule has 0 amide bonds. The van der Waals surface area contributed by atoms with Crippen molar-refractivity contribution in [3.05, 3.63) is 60.0 Å². The predicted molar refractivity (Wildman–Crippen MR) is 96.3 cm³/mol. The summed E-state index contributed by atoms with van der Waals surface area (Å²) in [7, 11) is 1.87. The van der Waals surface area contributed by atoms with Gasteiger partial charge in [-0.1, -0.05) is 37.6 Å². The third kappa shape index (κ3) is 4.10. The molecule has 0 bridgehead atoms. The molecule has 3 aromatic rings. The maximum absolute atomic E-state index is 4.50. The average Bonchev–Trinajstić information content (AvgIpc) is 3.00. The molecule has 3 rings (SSSR count). The summed E-state index contributed by atoms with van der Waals surface area (Å²) < 4.78 is 1.73. The maximum atomic E-state index is 4.50. The normalized spacial score (nSPS) is 10.6. The van der Waals surface area contributed by atoms with Crippen LogP contribution in [0.25, 0.3) is 0 Å². The molecule has 24 heavy (non-hydrogen) atoms. The molecule has 0 aliphatic rings. The molecule has 0 fully saturated rings. The minimum absolute atomic E-state index is 0.551. The van der Waals surface area contributed by atoms with Gasteiger partial charge in [-0.2, -0.15) is 10.1 Å². The monoisotopic (exact) mass is 322 g/mol. The smallest absolute Gasteiger partial charge is 0.229 e. The lowest BCUT2D eigenvalue weighted by atomic mass is 10.0. The predicted octanol–water partition coefficient (Wildman–Crippen LogP) is 3.52. The molecule has 6 nitrogen and oxygen atoms in total. The Bertz CT molecular complexity index is 795. The van der Waals surface area contributed by atoms with Crippen LogP contribution < -0.4 is 10.6 Å². The molecule has 1 aromatic carbocycles. The second-order valence-electron chi connectivity index (χ2n) is 5.67. The highest BCUT2D eigenvalue weighted by atomic mass is 15.3. The number of benzene rings is 1. The molecule has 0 unspecified atom stereocenters. The fourth-order valence-corrected chi connectivity index (χ4v) is 2.56. The van der Waals surface area contributed by atoms with E-state index in [1.807, 2.05) is 19.3 Å². The van der Waals surface area contributed by atoms with E-state index in [0.717, 1.165) is 30.9 Å². The number of nitrogens with one attached hydrogen (secondary N) is 2. The van der Waals surface area contributed by atoms with E-state index in [-0.39, 0.29) is 0 Å². The van der Waals surface area contributed by atoms with Crippen molar-refractivity contribution in [2.75, 3.05) is 10.6 Å². The van der Waals surface area contributed by atoms with E-state index in [1.165, 1.54) is 11.1 Å². The summed E-state index contributed by atoms with van der Waals surface area (Å²) in [5.74, 6) is 1.34. The van der Waals surface area contributed by atoms with Gasteiger partial charge in [-0.25, -0.2) is 4.98 Å². The van der Waals surface area contributed by atoms with Crippen molar-refractivity contribution in [1.82, 2.24) is 19.7 Å². The van der Waals surface area contributed by atoms with E-state index >= 15 is 0 Å². The Balaban J connectivity index is 1.67. The maximum Gasteiger partial charge on any atom is 0.229 e. The summed E-state index contributed by atoms with van der Waals surface area (Å²) in [6, 6.07) is 10.4. The highest BCUT2D eigenvalue weighted by Gasteiger charge is 2.04. The summed E-state index contributed by atoms with van der Waals surface area (Å²) in [6.07, 6.45) is 7.60. The van der Waals surface area contributed by atoms with Gasteiger partial charge in [0.1, 0.15) is 5.82 Å². The zero-order chi connectivity index (χ0) is 16.8. The van der Waals surface area contributed by atoms with E-state index in [4.69, 9.17) is 0 Å². The summed E-state index contributed by atoms with van der Waals surface area (Å²) in [5.41, 5.74) is 3.55. The van der Waals surface area contributed by atoms with Crippen LogP contribution in [0.5, 0.6) is 0 Å². The first-order valence-corrected chi connectivity index (χ1v) is 8.14. The molecule has 2 N–H and O–H groups in total. The molecule has 2 aromatic heterocycles. The van der Waals surface area contributed by atoms with Crippen LogP contribution in [0.3, 0.4) is 0 Å². The van der Waals surface area contributed by atoms with Crippen LogP contribution in [-0.4, -0.2) is 19.7 Å². The Morgan fingerprint density at radius 3 is 2.71 bits per heavy atom. The van der Waals surface area contributed by atoms with E-state index in [1.54, 1.807) is 17.1 Å². The van der Waals surface area contributed by atoms with E-state index in [9.17, 15) is 0 Å². The molecular weight excluding hydrogens is 300 g/mol. The van der Waals surface area contributed by atoms with E-state index in [2.05, 4.69) is 56.9 Å². The summed E-state index contributed by atoms with van der Waals surface area (Å²) in [4.78, 5) is 8.74. The van der Waals surface area contributed by atoms with Gasteiger partial charge < -0.3 is 10.6 Å². The number of aromatic nitrogens is 4. The highest BCUT2D eigenvalue weighted by Crippen LogP contribution is 2.15. The van der Waals surface area contributed by atoms with Gasteiger partial charge in [-0.15, -0.1) is 0 Å².